The molecule has 7 nitrogen and oxygen atoms in total. The highest BCUT2D eigenvalue weighted by Crippen LogP contribution is 2.52. The van der Waals surface area contributed by atoms with Gasteiger partial charge in [0.1, 0.15) is 33.5 Å². The van der Waals surface area contributed by atoms with Crippen LogP contribution in [-0.2, 0) is 5.41 Å². The fourth-order valence-electron chi connectivity index (χ4n) is 18.2. The molecule has 0 unspecified atom stereocenters. The molecule has 0 saturated heterocycles. The molecule has 5 aromatic heterocycles. The van der Waals surface area contributed by atoms with Crippen molar-refractivity contribution in [1.82, 2.24) is 0 Å². The average molecular weight is 1660 g/mol. The van der Waals surface area contributed by atoms with Gasteiger partial charge in [-0.1, -0.05) is 329 Å². The summed E-state index contributed by atoms with van der Waals surface area (Å²) in [7, 11) is 0. The van der Waals surface area contributed by atoms with Crippen LogP contribution in [0.3, 0.4) is 0 Å². The topological polar surface area (TPSA) is 87.5 Å². The predicted octanol–water partition coefficient (Wildman–Crippen LogP) is 34.8. The molecule has 0 bridgehead atoms. The van der Waals surface area contributed by atoms with Gasteiger partial charge < -0.3 is 34.5 Å². The van der Waals surface area contributed by atoms with Gasteiger partial charge in [-0.05, 0) is 177 Å². The summed E-state index contributed by atoms with van der Waals surface area (Å²) in [6.07, 6.45) is 0. The van der Waals surface area contributed by atoms with Crippen molar-refractivity contribution in [1.29, 1.82) is 0 Å². The molecular formula is C117H82N4O3S2. The highest BCUT2D eigenvalue weighted by Gasteiger charge is 2.35. The van der Waals surface area contributed by atoms with Crippen LogP contribution >= 0.6 is 22.7 Å². The molecule has 0 saturated carbocycles. The van der Waals surface area contributed by atoms with E-state index in [1.807, 2.05) is 95.5 Å². The van der Waals surface area contributed by atoms with Gasteiger partial charge in [-0.2, -0.15) is 0 Å². The number of hydrogen-bond acceptors (Lipinski definition) is 9. The molecule has 19 aromatic carbocycles. The summed E-state index contributed by atoms with van der Waals surface area (Å²) in [5.74, 6) is 0. The fraction of sp³-hybridized carbons (Fsp3) is 0.0256. The van der Waals surface area contributed by atoms with Crippen molar-refractivity contribution >= 4 is 174 Å². The molecule has 126 heavy (non-hydrogen) atoms. The largest absolute Gasteiger partial charge is 0.456 e. The normalized spacial score (nSPS) is 12.0. The Labute approximate surface area is 737 Å². The predicted molar refractivity (Wildman–Crippen MR) is 537 cm³/mol. The molecule has 0 amide bonds. The highest BCUT2D eigenvalue weighted by atomic mass is 32.1. The van der Waals surface area contributed by atoms with Crippen LogP contribution in [0.1, 0.15) is 25.0 Å². The minimum Gasteiger partial charge on any atom is -0.456 e. The van der Waals surface area contributed by atoms with E-state index < -0.39 is 0 Å². The van der Waals surface area contributed by atoms with Crippen molar-refractivity contribution in [2.45, 2.75) is 19.3 Å². The molecule has 9 heteroatoms. The zero-order valence-electron chi connectivity index (χ0n) is 69.1. The first-order valence-corrected chi connectivity index (χ1v) is 44.3. The number of hydrogen-bond donors (Lipinski definition) is 4. The summed E-state index contributed by atoms with van der Waals surface area (Å²) >= 11 is 3.73. The van der Waals surface area contributed by atoms with E-state index in [2.05, 4.69) is 399 Å². The number of furan rings is 3. The van der Waals surface area contributed by atoms with Gasteiger partial charge >= 0.3 is 0 Å². The zero-order valence-corrected chi connectivity index (χ0v) is 70.7. The van der Waals surface area contributed by atoms with Crippen molar-refractivity contribution in [2.75, 3.05) is 21.3 Å². The monoisotopic (exact) mass is 1650 g/mol. The Bertz CT molecular complexity index is 8180. The maximum Gasteiger partial charge on any atom is 0.143 e. The third-order valence-electron chi connectivity index (χ3n) is 24.2. The maximum atomic E-state index is 6.35. The maximum absolute atomic E-state index is 6.35. The van der Waals surface area contributed by atoms with Crippen LogP contribution in [-0.4, -0.2) is 0 Å². The van der Waals surface area contributed by atoms with Crippen LogP contribution in [0.5, 0.6) is 0 Å². The molecule has 600 valence electrons. The van der Waals surface area contributed by atoms with E-state index in [-0.39, 0.29) is 5.41 Å². The van der Waals surface area contributed by atoms with Crippen molar-refractivity contribution in [3.63, 3.8) is 0 Å². The Morgan fingerprint density at radius 3 is 1.38 bits per heavy atom. The third-order valence-corrected chi connectivity index (χ3v) is 26.5. The molecule has 25 rings (SSSR count). The first-order chi connectivity index (χ1) is 62.2. The molecule has 1 aliphatic rings. The van der Waals surface area contributed by atoms with Gasteiger partial charge in [0.15, 0.2) is 0 Å². The lowest BCUT2D eigenvalue weighted by molar-refractivity contribution is 0.660. The van der Waals surface area contributed by atoms with Gasteiger partial charge in [-0.15, -0.1) is 22.7 Å². The Balaban J connectivity index is 0.000000101. The van der Waals surface area contributed by atoms with Crippen LogP contribution in [0.2, 0.25) is 0 Å². The quantitative estimate of drug-likeness (QED) is 0.0915. The molecule has 4 N–H and O–H groups in total. The van der Waals surface area contributed by atoms with Gasteiger partial charge in [-0.3, -0.25) is 0 Å². The smallest absolute Gasteiger partial charge is 0.143 e. The molecule has 0 spiro atoms. The summed E-state index contributed by atoms with van der Waals surface area (Å²) < 4.78 is 24.1. The molecule has 5 heterocycles. The number of anilines is 8. The zero-order chi connectivity index (χ0) is 84.0. The Morgan fingerprint density at radius 2 is 0.698 bits per heavy atom. The van der Waals surface area contributed by atoms with Gasteiger partial charge in [-0.25, -0.2) is 0 Å². The number of para-hydroxylation sites is 6. The summed E-state index contributed by atoms with van der Waals surface area (Å²) in [4.78, 5) is 0. The van der Waals surface area contributed by atoms with E-state index in [4.69, 9.17) is 13.3 Å². The van der Waals surface area contributed by atoms with E-state index >= 15 is 0 Å². The molecule has 0 fully saturated rings. The van der Waals surface area contributed by atoms with Crippen molar-refractivity contribution < 1.29 is 13.3 Å². The first kappa shape index (κ1) is 76.4. The third kappa shape index (κ3) is 14.6. The SMILES string of the molecule is CC1(C)c2ccccc2-c2ccc(Nc3cc4c(cc3-c3ccccc3)sc3ccccc34)cc21.c1ccc(-c2cc(Nc3cccc(-c4cccc5c4oc4ccccc45)c3)cc3c2oc2ccccc23)cc1.c1ccc(Nc2cc(-c3ccccc3)cc3oc4ccccc4c23)cc1.c1ccc(Nc2ccc3c(sc4ccccc43)c2-c2ccccc2)cc1. The van der Waals surface area contributed by atoms with E-state index in [1.165, 1.54) is 90.4 Å². The minimum atomic E-state index is -0.0145. The molecule has 0 radical (unpaired) electrons. The lowest BCUT2D eigenvalue weighted by atomic mass is 9.82. The molecular weight excluding hydrogens is 1570 g/mol. The Morgan fingerprint density at radius 1 is 0.214 bits per heavy atom. The molecule has 1 aliphatic carbocycles. The van der Waals surface area contributed by atoms with Crippen molar-refractivity contribution in [2.24, 2.45) is 0 Å². The second-order valence-corrected chi connectivity index (χ2v) is 34.6. The van der Waals surface area contributed by atoms with Gasteiger partial charge in [0, 0.05) is 135 Å². The summed E-state index contributed by atoms with van der Waals surface area (Å²) in [6.45, 7) is 4.67. The Hall–Kier alpha value is -15.8. The average Bonchev–Trinajstić information content (AvgIpc) is 1.58. The fourth-order valence-corrected chi connectivity index (χ4v) is 20.6. The Kier molecular flexibility index (Phi) is 19.9. The summed E-state index contributed by atoms with van der Waals surface area (Å²) in [5, 5.41) is 26.7. The lowest BCUT2D eigenvalue weighted by Crippen LogP contribution is -2.15. The van der Waals surface area contributed by atoms with Crippen molar-refractivity contribution in [3.05, 3.63) is 448 Å². The first-order valence-electron chi connectivity index (χ1n) is 42.6. The van der Waals surface area contributed by atoms with E-state index in [0.717, 1.165) is 139 Å². The highest BCUT2D eigenvalue weighted by molar-refractivity contribution is 7.26. The van der Waals surface area contributed by atoms with Gasteiger partial charge in [0.25, 0.3) is 0 Å². The summed E-state index contributed by atoms with van der Waals surface area (Å²) in [6, 6.07) is 153. The van der Waals surface area contributed by atoms with E-state index in [1.54, 1.807) is 0 Å². The lowest BCUT2D eigenvalue weighted by Gasteiger charge is -2.22. The van der Waals surface area contributed by atoms with Crippen LogP contribution in [0.4, 0.5) is 45.5 Å². The number of rotatable bonds is 13. The molecule has 24 aromatic rings. The van der Waals surface area contributed by atoms with E-state index in [0.29, 0.717) is 0 Å². The van der Waals surface area contributed by atoms with Crippen LogP contribution in [0, 0.1) is 0 Å². The van der Waals surface area contributed by atoms with Crippen molar-refractivity contribution in [3.8, 4) is 66.8 Å². The van der Waals surface area contributed by atoms with Gasteiger partial charge in [0.05, 0.1) is 11.1 Å². The van der Waals surface area contributed by atoms with Crippen LogP contribution < -0.4 is 21.3 Å². The molecule has 0 atom stereocenters. The second kappa shape index (κ2) is 32.9. The van der Waals surface area contributed by atoms with Crippen LogP contribution in [0.25, 0.3) is 173 Å². The summed E-state index contributed by atoms with van der Waals surface area (Å²) in [5.41, 5.74) is 31.2. The molecule has 0 aliphatic heterocycles. The number of nitrogens with one attached hydrogen (secondary N) is 4. The standard InChI is InChI=1S/C36H23NO2.C33H25NS.C24H17NO.C24H17NS/c1-2-10-23(11-3-1)31-21-26(22-32-29-15-5-7-19-34(29)39-36(31)32)37-25-13-8-12-24(20-25)27-16-9-17-30-28-14-4-6-18-33(28)38-35(27)30;1-33(2)28-14-8-6-12-23(28)24-17-16-22(18-29(24)33)34-30-19-27-25-13-7-9-15-31(25)35-32(27)20-26(30)21-10-4-3-5-11-21;1-3-9-17(10-4-1)18-15-21(25-19-11-5-2-6-12-19)24-20-13-7-8-14-22(20)26-23(24)16-18;1-3-9-17(10-4-1)23-21(25-18-11-5-2-6-12-18)16-15-20-19-13-7-8-14-22(19)26-24(20)23/h1-22,37H;3-20,34H,1-2H3;2*1-16,25H. The van der Waals surface area contributed by atoms with Crippen LogP contribution in [0.15, 0.2) is 450 Å². The van der Waals surface area contributed by atoms with E-state index in [9.17, 15) is 0 Å². The van der Waals surface area contributed by atoms with Gasteiger partial charge in [0.2, 0.25) is 0 Å². The number of thiophene rings is 2. The minimum absolute atomic E-state index is 0.0145. The number of benzene rings is 19. The second-order valence-electron chi connectivity index (χ2n) is 32.4. The number of fused-ring (bicyclic) bond motifs is 18.